The van der Waals surface area contributed by atoms with E-state index in [1.165, 1.54) is 0 Å². The maximum absolute atomic E-state index is 12.6. The molecule has 104 valence electrons. The minimum atomic E-state index is -0.370. The summed E-state index contributed by atoms with van der Waals surface area (Å²) in [5.74, 6) is 0.801. The third-order valence-corrected chi connectivity index (χ3v) is 5.17. The van der Waals surface area contributed by atoms with E-state index in [0.29, 0.717) is 12.5 Å². The highest BCUT2D eigenvalue weighted by Gasteiger charge is 2.39. The summed E-state index contributed by atoms with van der Waals surface area (Å²) in [5.41, 5.74) is 6.43. The molecule has 2 rings (SSSR count). The van der Waals surface area contributed by atoms with E-state index in [1.807, 2.05) is 24.3 Å². The maximum Gasteiger partial charge on any atom is 0.231 e. The Labute approximate surface area is 128 Å². The van der Waals surface area contributed by atoms with Gasteiger partial charge in [0.25, 0.3) is 0 Å². The first-order valence-corrected chi connectivity index (χ1v) is 7.91. The molecular weight excluding hydrogens is 351 g/mol. The standard InChI is InChI=1S/C15H21IN2O/c1-11-6-8-15(10-17,9-7-11)14(19)18-13-5-3-2-4-12(13)16/h2-5,11H,6-10,17H2,1H3,(H,18,19). The molecule has 0 heterocycles. The minimum Gasteiger partial charge on any atom is -0.329 e. The summed E-state index contributed by atoms with van der Waals surface area (Å²) in [6.07, 6.45) is 3.99. The lowest BCUT2D eigenvalue weighted by Gasteiger charge is -2.37. The molecule has 1 aromatic rings. The SMILES string of the molecule is CC1CCC(CN)(C(=O)Nc2ccccc2I)CC1. The zero-order valence-corrected chi connectivity index (χ0v) is 13.4. The molecule has 1 amide bonds. The van der Waals surface area contributed by atoms with Gasteiger partial charge in [0.05, 0.1) is 11.1 Å². The molecule has 1 aliphatic carbocycles. The van der Waals surface area contributed by atoms with Gasteiger partial charge >= 0.3 is 0 Å². The number of rotatable bonds is 3. The van der Waals surface area contributed by atoms with E-state index in [4.69, 9.17) is 5.73 Å². The lowest BCUT2D eigenvalue weighted by Crippen LogP contribution is -2.44. The second kappa shape index (κ2) is 6.22. The molecule has 0 unspecified atom stereocenters. The van der Waals surface area contributed by atoms with Gasteiger partial charge in [-0.2, -0.15) is 0 Å². The van der Waals surface area contributed by atoms with Gasteiger partial charge in [0.15, 0.2) is 0 Å². The van der Waals surface area contributed by atoms with Crippen molar-refractivity contribution in [2.75, 3.05) is 11.9 Å². The smallest absolute Gasteiger partial charge is 0.231 e. The molecule has 1 saturated carbocycles. The number of hydrogen-bond donors (Lipinski definition) is 2. The molecule has 0 spiro atoms. The highest BCUT2D eigenvalue weighted by atomic mass is 127. The maximum atomic E-state index is 12.6. The Hall–Kier alpha value is -0.620. The molecule has 19 heavy (non-hydrogen) atoms. The fourth-order valence-corrected chi connectivity index (χ4v) is 3.18. The summed E-state index contributed by atoms with van der Waals surface area (Å²) in [6.45, 7) is 2.69. The van der Waals surface area contributed by atoms with Crippen LogP contribution < -0.4 is 11.1 Å². The van der Waals surface area contributed by atoms with E-state index in [2.05, 4.69) is 34.8 Å². The topological polar surface area (TPSA) is 55.1 Å². The zero-order chi connectivity index (χ0) is 13.9. The molecule has 0 bridgehead atoms. The van der Waals surface area contributed by atoms with E-state index in [9.17, 15) is 4.79 Å². The Bertz CT molecular complexity index is 453. The second-order valence-corrected chi connectivity index (χ2v) is 6.76. The predicted molar refractivity (Wildman–Crippen MR) is 86.9 cm³/mol. The number of anilines is 1. The van der Waals surface area contributed by atoms with Gasteiger partial charge in [-0.15, -0.1) is 0 Å². The van der Waals surface area contributed by atoms with E-state index >= 15 is 0 Å². The fraction of sp³-hybridized carbons (Fsp3) is 0.533. The Morgan fingerprint density at radius 2 is 2.05 bits per heavy atom. The van der Waals surface area contributed by atoms with Crippen LogP contribution in [0.15, 0.2) is 24.3 Å². The van der Waals surface area contributed by atoms with Crippen LogP contribution in [-0.4, -0.2) is 12.5 Å². The number of halogens is 1. The molecule has 0 aromatic heterocycles. The van der Waals surface area contributed by atoms with E-state index < -0.39 is 0 Å². The number of nitrogens with two attached hydrogens (primary N) is 1. The van der Waals surface area contributed by atoms with Crippen molar-refractivity contribution in [3.05, 3.63) is 27.8 Å². The van der Waals surface area contributed by atoms with Gasteiger partial charge in [0, 0.05) is 10.1 Å². The number of benzene rings is 1. The molecule has 0 aliphatic heterocycles. The minimum absolute atomic E-state index is 0.0889. The number of carbonyl (C=O) groups excluding carboxylic acids is 1. The van der Waals surface area contributed by atoms with Crippen molar-refractivity contribution in [2.24, 2.45) is 17.1 Å². The summed E-state index contributed by atoms with van der Waals surface area (Å²) in [4.78, 5) is 12.6. The highest BCUT2D eigenvalue weighted by molar-refractivity contribution is 14.1. The highest BCUT2D eigenvalue weighted by Crippen LogP contribution is 2.39. The van der Waals surface area contributed by atoms with E-state index in [-0.39, 0.29) is 11.3 Å². The molecule has 0 saturated heterocycles. The molecule has 1 aromatic carbocycles. The van der Waals surface area contributed by atoms with Crippen molar-refractivity contribution < 1.29 is 4.79 Å². The molecular formula is C15H21IN2O. The Morgan fingerprint density at radius 3 is 2.63 bits per heavy atom. The van der Waals surface area contributed by atoms with Gasteiger partial charge in [-0.1, -0.05) is 19.1 Å². The molecule has 0 atom stereocenters. The van der Waals surface area contributed by atoms with Gasteiger partial charge in [-0.05, 0) is 66.3 Å². The lowest BCUT2D eigenvalue weighted by molar-refractivity contribution is -0.127. The average molecular weight is 372 g/mol. The number of nitrogens with one attached hydrogen (secondary N) is 1. The molecule has 3 N–H and O–H groups in total. The molecule has 1 aliphatic rings. The van der Waals surface area contributed by atoms with Crippen molar-refractivity contribution in [2.45, 2.75) is 32.6 Å². The molecule has 0 radical (unpaired) electrons. The molecule has 4 heteroatoms. The molecule has 1 fully saturated rings. The summed E-state index contributed by atoms with van der Waals surface area (Å²) >= 11 is 2.24. The van der Waals surface area contributed by atoms with Crippen molar-refractivity contribution in [1.29, 1.82) is 0 Å². The van der Waals surface area contributed by atoms with Crippen LogP contribution in [0.4, 0.5) is 5.69 Å². The number of para-hydroxylation sites is 1. The molecule has 3 nitrogen and oxygen atoms in total. The second-order valence-electron chi connectivity index (χ2n) is 5.60. The van der Waals surface area contributed by atoms with Crippen molar-refractivity contribution >= 4 is 34.2 Å². The van der Waals surface area contributed by atoms with Gasteiger partial charge in [0.2, 0.25) is 5.91 Å². The number of amides is 1. The summed E-state index contributed by atoms with van der Waals surface area (Å²) < 4.78 is 1.06. The van der Waals surface area contributed by atoms with Crippen LogP contribution in [-0.2, 0) is 4.79 Å². The monoisotopic (exact) mass is 372 g/mol. The third kappa shape index (κ3) is 3.28. The van der Waals surface area contributed by atoms with Gasteiger partial charge in [-0.25, -0.2) is 0 Å². The largest absolute Gasteiger partial charge is 0.329 e. The van der Waals surface area contributed by atoms with Crippen molar-refractivity contribution in [3.8, 4) is 0 Å². The fourth-order valence-electron chi connectivity index (χ4n) is 2.66. The van der Waals surface area contributed by atoms with E-state index in [0.717, 1.165) is 34.9 Å². The van der Waals surface area contributed by atoms with E-state index in [1.54, 1.807) is 0 Å². The summed E-state index contributed by atoms with van der Waals surface area (Å²) in [6, 6.07) is 7.85. The Morgan fingerprint density at radius 1 is 1.42 bits per heavy atom. The first-order valence-electron chi connectivity index (χ1n) is 6.83. The van der Waals surface area contributed by atoms with Gasteiger partial charge < -0.3 is 11.1 Å². The zero-order valence-electron chi connectivity index (χ0n) is 11.3. The normalized spacial score (nSPS) is 27.0. The number of hydrogen-bond acceptors (Lipinski definition) is 2. The van der Waals surface area contributed by atoms with Crippen molar-refractivity contribution in [3.63, 3.8) is 0 Å². The first kappa shape index (κ1) is 14.8. The van der Waals surface area contributed by atoms with Gasteiger partial charge in [-0.3, -0.25) is 4.79 Å². The Kier molecular flexibility index (Phi) is 4.84. The predicted octanol–water partition coefficient (Wildman–Crippen LogP) is 3.38. The van der Waals surface area contributed by atoms with Crippen LogP contribution in [0, 0.1) is 14.9 Å². The van der Waals surface area contributed by atoms with Crippen molar-refractivity contribution in [1.82, 2.24) is 0 Å². The quantitative estimate of drug-likeness (QED) is 0.800. The third-order valence-electron chi connectivity index (χ3n) is 4.23. The first-order chi connectivity index (χ1) is 9.07. The lowest BCUT2D eigenvalue weighted by atomic mass is 9.70. The summed E-state index contributed by atoms with van der Waals surface area (Å²) in [7, 11) is 0. The van der Waals surface area contributed by atoms with Crippen LogP contribution in [0.3, 0.4) is 0 Å². The van der Waals surface area contributed by atoms with Crippen LogP contribution in [0.1, 0.15) is 32.6 Å². The van der Waals surface area contributed by atoms with Crippen LogP contribution in [0.2, 0.25) is 0 Å². The van der Waals surface area contributed by atoms with Crippen LogP contribution in [0.5, 0.6) is 0 Å². The number of carbonyl (C=O) groups is 1. The van der Waals surface area contributed by atoms with Crippen LogP contribution in [0.25, 0.3) is 0 Å². The average Bonchev–Trinajstić information content (AvgIpc) is 2.42. The van der Waals surface area contributed by atoms with Gasteiger partial charge in [0.1, 0.15) is 0 Å². The summed E-state index contributed by atoms with van der Waals surface area (Å²) in [5, 5.41) is 3.06. The Balaban J connectivity index is 2.12. The van der Waals surface area contributed by atoms with Crippen LogP contribution >= 0.6 is 22.6 Å².